The Morgan fingerprint density at radius 2 is 0.703 bits per heavy atom. The maximum absolute atomic E-state index is 11.3. The van der Waals surface area contributed by atoms with Crippen molar-refractivity contribution in [3.05, 3.63) is 115 Å². The summed E-state index contributed by atoms with van der Waals surface area (Å²) in [6.07, 6.45) is 1.19. The number of hydrogen-bond acceptors (Lipinski definition) is 4. The van der Waals surface area contributed by atoms with Crippen molar-refractivity contribution < 1.29 is 20.4 Å². The maximum Gasteiger partial charge on any atom is 0.122 e. The first kappa shape index (κ1) is 26.2. The summed E-state index contributed by atoms with van der Waals surface area (Å²) in [5, 5.41) is 43.9. The van der Waals surface area contributed by atoms with Crippen LogP contribution < -0.4 is 0 Å². The molecule has 4 nitrogen and oxygen atoms in total. The number of hydrogen-bond donors (Lipinski definition) is 4. The normalized spacial score (nSPS) is 11.2. The Bertz CT molecular complexity index is 1500. The fraction of sp³-hybridized carbons (Fsp3) is 0.273. The summed E-state index contributed by atoms with van der Waals surface area (Å²) < 4.78 is 0. The fourth-order valence-corrected chi connectivity index (χ4v) is 4.95. The summed E-state index contributed by atoms with van der Waals surface area (Å²) in [5.74, 6) is 0.902. The van der Waals surface area contributed by atoms with Gasteiger partial charge in [-0.05, 0) is 91.6 Å². The van der Waals surface area contributed by atoms with Crippen molar-refractivity contribution in [2.45, 2.75) is 60.8 Å². The van der Waals surface area contributed by atoms with E-state index in [0.29, 0.717) is 24.8 Å². The smallest absolute Gasteiger partial charge is 0.122 e. The van der Waals surface area contributed by atoms with Gasteiger partial charge in [-0.15, -0.1) is 0 Å². The molecule has 37 heavy (non-hydrogen) atoms. The maximum atomic E-state index is 11.3. The molecule has 4 N–H and O–H groups in total. The van der Waals surface area contributed by atoms with Gasteiger partial charge in [-0.3, -0.25) is 0 Å². The van der Waals surface area contributed by atoms with E-state index in [0.717, 1.165) is 61.2 Å². The molecule has 0 unspecified atom stereocenters. The van der Waals surface area contributed by atoms with Crippen LogP contribution in [0.15, 0.2) is 48.5 Å². The van der Waals surface area contributed by atoms with E-state index in [2.05, 4.69) is 0 Å². The van der Waals surface area contributed by atoms with Gasteiger partial charge in [0.15, 0.2) is 0 Å². The number of phenolic OH excluding ortho intramolecular Hbond substituents is 4. The molecule has 4 aromatic carbocycles. The minimum absolute atomic E-state index is 0.189. The zero-order valence-electron chi connectivity index (χ0n) is 22.5. The van der Waals surface area contributed by atoms with Gasteiger partial charge in [-0.25, -0.2) is 0 Å². The SMILES string of the molecule is Cc1ccc(Cc2c(C)ccc(Cc3c(C)ccc(Cc4c(C)ccc(C)c4O)c3O)c2O)c(O)c1C. The molecule has 0 heterocycles. The third-order valence-electron chi connectivity index (χ3n) is 7.81. The number of benzene rings is 4. The predicted molar refractivity (Wildman–Crippen MR) is 149 cm³/mol. The van der Waals surface area contributed by atoms with Crippen molar-refractivity contribution in [3.8, 4) is 23.0 Å². The molecule has 0 atom stereocenters. The Morgan fingerprint density at radius 1 is 0.378 bits per heavy atom. The molecule has 0 aliphatic carbocycles. The van der Waals surface area contributed by atoms with Crippen LogP contribution in [-0.2, 0) is 19.3 Å². The second-order valence-electron chi connectivity index (χ2n) is 10.3. The summed E-state index contributed by atoms with van der Waals surface area (Å²) in [5.41, 5.74) is 10.1. The lowest BCUT2D eigenvalue weighted by atomic mass is 9.89. The second kappa shape index (κ2) is 10.2. The molecule has 0 bridgehead atoms. The molecule has 4 heteroatoms. The molecule has 4 rings (SSSR count). The van der Waals surface area contributed by atoms with Gasteiger partial charge in [0.05, 0.1) is 0 Å². The molecule has 0 fully saturated rings. The number of aryl methyl sites for hydroxylation is 5. The Morgan fingerprint density at radius 3 is 1.16 bits per heavy atom. The molecule has 0 spiro atoms. The van der Waals surface area contributed by atoms with E-state index in [1.165, 1.54) is 0 Å². The van der Waals surface area contributed by atoms with Gasteiger partial charge >= 0.3 is 0 Å². The number of rotatable bonds is 6. The monoisotopic (exact) mass is 496 g/mol. The molecule has 0 aromatic heterocycles. The van der Waals surface area contributed by atoms with Crippen LogP contribution in [0.3, 0.4) is 0 Å². The third-order valence-corrected chi connectivity index (χ3v) is 7.81. The zero-order chi connectivity index (χ0) is 27.0. The molecule has 0 radical (unpaired) electrons. The molecular weight excluding hydrogens is 460 g/mol. The van der Waals surface area contributed by atoms with E-state index in [1.54, 1.807) is 0 Å². The highest BCUT2D eigenvalue weighted by molar-refractivity contribution is 5.56. The largest absolute Gasteiger partial charge is 0.507 e. The summed E-state index contributed by atoms with van der Waals surface area (Å²) in [4.78, 5) is 0. The van der Waals surface area contributed by atoms with Crippen molar-refractivity contribution in [2.24, 2.45) is 0 Å². The van der Waals surface area contributed by atoms with Gasteiger partial charge < -0.3 is 20.4 Å². The summed E-state index contributed by atoms with van der Waals surface area (Å²) in [7, 11) is 0. The van der Waals surface area contributed by atoms with Gasteiger partial charge in [0, 0.05) is 36.0 Å². The summed E-state index contributed by atoms with van der Waals surface area (Å²) in [6.45, 7) is 11.6. The number of aromatic hydroxyl groups is 4. The Hall–Kier alpha value is -3.92. The molecule has 4 aromatic rings. The van der Waals surface area contributed by atoms with Crippen molar-refractivity contribution in [1.29, 1.82) is 0 Å². The zero-order valence-corrected chi connectivity index (χ0v) is 22.5. The van der Waals surface area contributed by atoms with E-state index < -0.39 is 0 Å². The quantitative estimate of drug-likeness (QED) is 0.229. The first-order valence-electron chi connectivity index (χ1n) is 12.7. The van der Waals surface area contributed by atoms with Crippen LogP contribution in [0.25, 0.3) is 0 Å². The fourth-order valence-electron chi connectivity index (χ4n) is 4.95. The molecule has 0 amide bonds. The van der Waals surface area contributed by atoms with E-state index in [9.17, 15) is 20.4 Å². The second-order valence-corrected chi connectivity index (χ2v) is 10.3. The van der Waals surface area contributed by atoms with E-state index in [4.69, 9.17) is 0 Å². The summed E-state index contributed by atoms with van der Waals surface area (Å²) >= 11 is 0. The highest BCUT2D eigenvalue weighted by Crippen LogP contribution is 2.37. The van der Waals surface area contributed by atoms with Gasteiger partial charge in [-0.1, -0.05) is 48.5 Å². The third kappa shape index (κ3) is 5.01. The topological polar surface area (TPSA) is 80.9 Å². The lowest BCUT2D eigenvalue weighted by molar-refractivity contribution is 0.453. The molecule has 0 saturated heterocycles. The van der Waals surface area contributed by atoms with Crippen molar-refractivity contribution in [3.63, 3.8) is 0 Å². The highest BCUT2D eigenvalue weighted by Gasteiger charge is 2.19. The Labute approximate surface area is 219 Å². The minimum Gasteiger partial charge on any atom is -0.507 e. The van der Waals surface area contributed by atoms with Crippen LogP contribution in [0, 0.1) is 41.5 Å². The minimum atomic E-state index is 0.189. The molecular formula is C33H36O4. The highest BCUT2D eigenvalue weighted by atomic mass is 16.3. The van der Waals surface area contributed by atoms with Crippen LogP contribution in [0.1, 0.15) is 66.8 Å². The Balaban J connectivity index is 1.70. The van der Waals surface area contributed by atoms with E-state index in [-0.39, 0.29) is 23.0 Å². The standard InChI is InChI=1S/C33H36O4/c1-18-9-12-24(31(35)23(18)6)15-28-20(3)11-14-26(33(28)37)17-29-21(4)10-13-25(32(29)36)16-27-19(2)7-8-22(5)30(27)34/h7-14,34-37H,15-17H2,1-6H3. The first-order chi connectivity index (χ1) is 17.5. The van der Waals surface area contributed by atoms with Gasteiger partial charge in [0.1, 0.15) is 23.0 Å². The van der Waals surface area contributed by atoms with Crippen LogP contribution in [0.4, 0.5) is 0 Å². The van der Waals surface area contributed by atoms with E-state index >= 15 is 0 Å². The lowest BCUT2D eigenvalue weighted by Gasteiger charge is -2.18. The van der Waals surface area contributed by atoms with Crippen molar-refractivity contribution in [2.75, 3.05) is 0 Å². The predicted octanol–water partition coefficient (Wildman–Crippen LogP) is 7.13. The van der Waals surface area contributed by atoms with Crippen LogP contribution in [0.5, 0.6) is 23.0 Å². The molecule has 192 valence electrons. The molecule has 0 saturated carbocycles. The van der Waals surface area contributed by atoms with Crippen LogP contribution >= 0.6 is 0 Å². The van der Waals surface area contributed by atoms with Gasteiger partial charge in [0.2, 0.25) is 0 Å². The van der Waals surface area contributed by atoms with Crippen LogP contribution in [0.2, 0.25) is 0 Å². The van der Waals surface area contributed by atoms with Crippen molar-refractivity contribution >= 4 is 0 Å². The lowest BCUT2D eigenvalue weighted by Crippen LogP contribution is -2.02. The molecule has 0 aliphatic rings. The first-order valence-corrected chi connectivity index (χ1v) is 12.7. The number of phenols is 4. The van der Waals surface area contributed by atoms with Crippen molar-refractivity contribution in [1.82, 2.24) is 0 Å². The Kier molecular flexibility index (Phi) is 7.22. The van der Waals surface area contributed by atoms with Gasteiger partial charge in [-0.2, -0.15) is 0 Å². The molecule has 0 aliphatic heterocycles. The average molecular weight is 497 g/mol. The van der Waals surface area contributed by atoms with Crippen LogP contribution in [-0.4, -0.2) is 20.4 Å². The van der Waals surface area contributed by atoms with E-state index in [1.807, 2.05) is 90.1 Å². The van der Waals surface area contributed by atoms with Gasteiger partial charge in [0.25, 0.3) is 0 Å². The summed E-state index contributed by atoms with van der Waals surface area (Å²) in [6, 6.07) is 15.5. The average Bonchev–Trinajstić information content (AvgIpc) is 2.86.